The highest BCUT2D eigenvalue weighted by molar-refractivity contribution is 7.89. The Bertz CT molecular complexity index is 583. The van der Waals surface area contributed by atoms with E-state index in [9.17, 15) is 8.42 Å². The van der Waals surface area contributed by atoms with Gasteiger partial charge in [-0.25, -0.2) is 13.6 Å². The first-order valence-corrected chi connectivity index (χ1v) is 8.83. The van der Waals surface area contributed by atoms with Gasteiger partial charge in [-0.05, 0) is 51.1 Å². The molecule has 6 nitrogen and oxygen atoms in total. The molecule has 1 fully saturated rings. The van der Waals surface area contributed by atoms with Crippen LogP contribution in [0.15, 0.2) is 23.1 Å². The molecule has 118 valence electrons. The number of anilines is 2. The van der Waals surface area contributed by atoms with Gasteiger partial charge in [0, 0.05) is 12.6 Å². The van der Waals surface area contributed by atoms with Crippen LogP contribution >= 0.6 is 0 Å². The van der Waals surface area contributed by atoms with Gasteiger partial charge in [-0.3, -0.25) is 4.90 Å². The Morgan fingerprint density at radius 2 is 1.95 bits per heavy atom. The molecule has 21 heavy (non-hydrogen) atoms. The van der Waals surface area contributed by atoms with E-state index in [2.05, 4.69) is 17.1 Å². The quantitative estimate of drug-likeness (QED) is 0.709. The molecule has 0 spiro atoms. The maximum atomic E-state index is 11.4. The van der Waals surface area contributed by atoms with Crippen molar-refractivity contribution in [2.45, 2.75) is 37.1 Å². The lowest BCUT2D eigenvalue weighted by atomic mass is 10.1. The summed E-state index contributed by atoms with van der Waals surface area (Å²) in [7, 11) is -3.71. The molecule has 0 aromatic heterocycles. The predicted octanol–water partition coefficient (Wildman–Crippen LogP) is 1.20. The normalized spacial score (nSPS) is 18.4. The van der Waals surface area contributed by atoms with E-state index < -0.39 is 10.0 Å². The van der Waals surface area contributed by atoms with Crippen molar-refractivity contribution in [1.82, 2.24) is 4.90 Å². The average Bonchev–Trinajstić information content (AvgIpc) is 2.45. The third-order valence-corrected chi connectivity index (χ3v) is 4.87. The van der Waals surface area contributed by atoms with Gasteiger partial charge in [0.2, 0.25) is 10.0 Å². The number of nitrogens with one attached hydrogen (secondary N) is 1. The zero-order valence-electron chi connectivity index (χ0n) is 12.4. The smallest absolute Gasteiger partial charge is 0.238 e. The molecule has 5 N–H and O–H groups in total. The van der Waals surface area contributed by atoms with E-state index >= 15 is 0 Å². The van der Waals surface area contributed by atoms with Crippen LogP contribution in [0.1, 0.15) is 26.2 Å². The number of hydrogen-bond acceptors (Lipinski definition) is 5. The van der Waals surface area contributed by atoms with Crippen molar-refractivity contribution in [3.63, 3.8) is 0 Å². The van der Waals surface area contributed by atoms with Gasteiger partial charge in [-0.15, -0.1) is 0 Å². The van der Waals surface area contributed by atoms with E-state index in [0.717, 1.165) is 19.6 Å². The fourth-order valence-electron chi connectivity index (χ4n) is 2.61. The number of benzene rings is 1. The van der Waals surface area contributed by atoms with Crippen molar-refractivity contribution in [3.8, 4) is 0 Å². The summed E-state index contributed by atoms with van der Waals surface area (Å²) in [5, 5.41) is 8.38. The van der Waals surface area contributed by atoms with Crippen LogP contribution in [0.25, 0.3) is 0 Å². The van der Waals surface area contributed by atoms with Gasteiger partial charge in [0.1, 0.15) is 0 Å². The van der Waals surface area contributed by atoms with E-state index in [1.807, 2.05) is 0 Å². The molecule has 1 aliphatic heterocycles. The van der Waals surface area contributed by atoms with E-state index in [1.54, 1.807) is 6.07 Å². The molecular weight excluding hydrogens is 288 g/mol. The number of nitrogen functional groups attached to an aromatic ring is 1. The summed E-state index contributed by atoms with van der Waals surface area (Å²) in [6, 6.07) is 4.85. The summed E-state index contributed by atoms with van der Waals surface area (Å²) >= 11 is 0. The minimum atomic E-state index is -3.71. The van der Waals surface area contributed by atoms with Gasteiger partial charge < -0.3 is 11.1 Å². The molecule has 1 aromatic rings. The molecule has 0 aliphatic carbocycles. The number of likely N-dealkylation sites (tertiary alicyclic amines) is 1. The Hall–Kier alpha value is -1.31. The number of rotatable bonds is 5. The molecule has 0 amide bonds. The highest BCUT2D eigenvalue weighted by Gasteiger charge is 2.17. The summed E-state index contributed by atoms with van der Waals surface area (Å²) in [6.45, 7) is 5.13. The molecule has 1 atom stereocenters. The Balaban J connectivity index is 2.02. The largest absolute Gasteiger partial charge is 0.397 e. The second-order valence-electron chi connectivity index (χ2n) is 5.62. The van der Waals surface area contributed by atoms with Gasteiger partial charge in [0.25, 0.3) is 0 Å². The monoisotopic (exact) mass is 312 g/mol. The molecule has 1 unspecified atom stereocenters. The van der Waals surface area contributed by atoms with Crippen LogP contribution in [-0.2, 0) is 10.0 Å². The van der Waals surface area contributed by atoms with Crippen molar-refractivity contribution in [1.29, 1.82) is 0 Å². The van der Waals surface area contributed by atoms with Gasteiger partial charge in [-0.1, -0.05) is 6.42 Å². The van der Waals surface area contributed by atoms with Crippen LogP contribution in [0, 0.1) is 0 Å². The molecule has 1 aromatic carbocycles. The Morgan fingerprint density at radius 3 is 2.57 bits per heavy atom. The van der Waals surface area contributed by atoms with Crippen LogP contribution < -0.4 is 16.2 Å². The van der Waals surface area contributed by atoms with Crippen LogP contribution in [0.2, 0.25) is 0 Å². The Kier molecular flexibility index (Phi) is 5.08. The summed E-state index contributed by atoms with van der Waals surface area (Å²) in [5.74, 6) is 0. The predicted molar refractivity (Wildman–Crippen MR) is 85.6 cm³/mol. The molecule has 0 radical (unpaired) electrons. The fourth-order valence-corrected chi connectivity index (χ4v) is 3.15. The third kappa shape index (κ3) is 4.33. The summed E-state index contributed by atoms with van der Waals surface area (Å²) in [4.78, 5) is 2.51. The van der Waals surface area contributed by atoms with E-state index in [4.69, 9.17) is 10.9 Å². The van der Waals surface area contributed by atoms with Gasteiger partial charge in [0.05, 0.1) is 16.3 Å². The minimum Gasteiger partial charge on any atom is -0.397 e. The molecule has 1 aliphatic rings. The maximum Gasteiger partial charge on any atom is 0.238 e. The number of sulfonamides is 1. The Labute approximate surface area is 126 Å². The van der Waals surface area contributed by atoms with Gasteiger partial charge >= 0.3 is 0 Å². The minimum absolute atomic E-state index is 0.0739. The first kappa shape index (κ1) is 16.1. The SMILES string of the molecule is CC(CNc1cc(S(N)(=O)=O)ccc1N)N1CCCCC1. The number of nitrogens with zero attached hydrogens (tertiary/aromatic N) is 1. The summed E-state index contributed by atoms with van der Waals surface area (Å²) in [5.41, 5.74) is 7.02. The lowest BCUT2D eigenvalue weighted by molar-refractivity contribution is 0.180. The van der Waals surface area contributed by atoms with Crippen molar-refractivity contribution in [2.75, 3.05) is 30.7 Å². The standard InChI is InChI=1S/C14H24N4O2S/c1-11(18-7-3-2-4-8-18)10-17-14-9-12(21(16,19)20)5-6-13(14)15/h5-6,9,11,17H,2-4,7-8,10,15H2,1H3,(H2,16,19,20). The second kappa shape index (κ2) is 6.64. The van der Waals surface area contributed by atoms with Crippen molar-refractivity contribution in [3.05, 3.63) is 18.2 Å². The van der Waals surface area contributed by atoms with Gasteiger partial charge in [0.15, 0.2) is 0 Å². The van der Waals surface area contributed by atoms with Crippen LogP contribution in [0.5, 0.6) is 0 Å². The second-order valence-corrected chi connectivity index (χ2v) is 7.18. The van der Waals surface area contributed by atoms with Crippen LogP contribution in [0.3, 0.4) is 0 Å². The zero-order valence-corrected chi connectivity index (χ0v) is 13.2. The van der Waals surface area contributed by atoms with E-state index in [0.29, 0.717) is 17.4 Å². The molecule has 0 bridgehead atoms. The highest BCUT2D eigenvalue weighted by Crippen LogP contribution is 2.22. The number of hydrogen-bond donors (Lipinski definition) is 3. The summed E-state index contributed by atoms with van der Waals surface area (Å²) in [6.07, 6.45) is 3.79. The fraction of sp³-hybridized carbons (Fsp3) is 0.571. The molecule has 0 saturated carbocycles. The first-order valence-electron chi connectivity index (χ1n) is 7.28. The zero-order chi connectivity index (χ0) is 15.5. The molecule has 1 saturated heterocycles. The average molecular weight is 312 g/mol. The third-order valence-electron chi connectivity index (χ3n) is 3.96. The first-order chi connectivity index (χ1) is 9.88. The lowest BCUT2D eigenvalue weighted by Crippen LogP contribution is -2.41. The van der Waals surface area contributed by atoms with Gasteiger partial charge in [-0.2, -0.15) is 0 Å². The summed E-state index contributed by atoms with van der Waals surface area (Å²) < 4.78 is 22.8. The highest BCUT2D eigenvalue weighted by atomic mass is 32.2. The lowest BCUT2D eigenvalue weighted by Gasteiger charge is -2.32. The van der Waals surface area contributed by atoms with Crippen molar-refractivity contribution in [2.24, 2.45) is 5.14 Å². The number of piperidine rings is 1. The van der Waals surface area contributed by atoms with Crippen molar-refractivity contribution < 1.29 is 8.42 Å². The van der Waals surface area contributed by atoms with E-state index in [1.165, 1.54) is 31.4 Å². The molecule has 2 rings (SSSR count). The topological polar surface area (TPSA) is 101 Å². The van der Waals surface area contributed by atoms with Crippen molar-refractivity contribution >= 4 is 21.4 Å². The maximum absolute atomic E-state index is 11.4. The number of nitrogens with two attached hydrogens (primary N) is 2. The molecular formula is C14H24N4O2S. The Morgan fingerprint density at radius 1 is 1.29 bits per heavy atom. The van der Waals surface area contributed by atoms with E-state index in [-0.39, 0.29) is 4.90 Å². The van der Waals surface area contributed by atoms with Crippen LogP contribution in [-0.4, -0.2) is 39.0 Å². The molecule has 7 heteroatoms. The number of primary sulfonamides is 1. The van der Waals surface area contributed by atoms with Crippen LogP contribution in [0.4, 0.5) is 11.4 Å². The molecule has 1 heterocycles.